The van der Waals surface area contributed by atoms with Crippen molar-refractivity contribution in [1.29, 1.82) is 0 Å². The molecule has 0 N–H and O–H groups in total. The number of aryl methyl sites for hydroxylation is 2. The maximum absolute atomic E-state index is 3.80. The first-order valence-corrected chi connectivity index (χ1v) is 12.7. The van der Waals surface area contributed by atoms with Crippen molar-refractivity contribution in [2.24, 2.45) is 0 Å². The predicted molar refractivity (Wildman–Crippen MR) is 160 cm³/mol. The molecular weight excluding hydrogens is 432 g/mol. The minimum Gasteiger partial charge on any atom is -0.103 e. The predicted octanol–water partition coefficient (Wildman–Crippen LogP) is 9.93. The summed E-state index contributed by atoms with van der Waals surface area (Å²) in [7, 11) is 0. The van der Waals surface area contributed by atoms with Crippen LogP contribution in [-0.2, 0) is 12.8 Å². The van der Waals surface area contributed by atoms with E-state index in [0.717, 1.165) is 25.7 Å². The summed E-state index contributed by atoms with van der Waals surface area (Å²) in [6, 6.07) is 35.0. The highest BCUT2D eigenvalue weighted by Crippen LogP contribution is 2.22. The Morgan fingerprint density at radius 3 is 0.944 bits per heavy atom. The van der Waals surface area contributed by atoms with Crippen molar-refractivity contribution in [2.75, 3.05) is 0 Å². The molecule has 36 heavy (non-hydrogen) atoms. The Kier molecular flexibility index (Phi) is 9.06. The van der Waals surface area contributed by atoms with Gasteiger partial charge in [0.15, 0.2) is 0 Å². The first-order chi connectivity index (χ1) is 17.7. The van der Waals surface area contributed by atoms with Crippen LogP contribution in [-0.4, -0.2) is 0 Å². The molecule has 0 amide bonds. The molecule has 0 bridgehead atoms. The second-order valence-electron chi connectivity index (χ2n) is 9.05. The van der Waals surface area contributed by atoms with Gasteiger partial charge in [-0.25, -0.2) is 0 Å². The summed E-state index contributed by atoms with van der Waals surface area (Å²) in [5.41, 5.74) is 9.99. The largest absolute Gasteiger partial charge is 0.103 e. The second kappa shape index (κ2) is 13.1. The molecule has 0 aliphatic rings. The molecule has 4 aromatic carbocycles. The molecule has 0 atom stereocenters. The van der Waals surface area contributed by atoms with Crippen LogP contribution in [0.15, 0.2) is 122 Å². The molecule has 178 valence electrons. The van der Waals surface area contributed by atoms with Crippen LogP contribution >= 0.6 is 0 Å². The average molecular weight is 467 g/mol. The molecule has 0 nitrogen and oxygen atoms in total. The molecule has 0 aliphatic heterocycles. The minimum absolute atomic E-state index is 1.02. The third kappa shape index (κ3) is 7.42. The van der Waals surface area contributed by atoms with Gasteiger partial charge in [0.1, 0.15) is 0 Å². The second-order valence-corrected chi connectivity index (χ2v) is 9.05. The van der Waals surface area contributed by atoms with Crippen molar-refractivity contribution < 1.29 is 0 Å². The highest BCUT2D eigenvalue weighted by Gasteiger charge is 1.99. The molecule has 0 aromatic heterocycles. The van der Waals surface area contributed by atoms with E-state index in [1.807, 2.05) is 12.2 Å². The summed E-state index contributed by atoms with van der Waals surface area (Å²) in [6.07, 6.45) is 16.8. The normalized spacial score (nSPS) is 11.2. The Bertz CT molecular complexity index is 1190. The van der Waals surface area contributed by atoms with Crippen molar-refractivity contribution in [2.45, 2.75) is 25.7 Å². The molecule has 0 radical (unpaired) electrons. The van der Waals surface area contributed by atoms with Crippen LogP contribution in [0.3, 0.4) is 0 Å². The van der Waals surface area contributed by atoms with E-state index in [1.165, 1.54) is 44.5 Å². The van der Waals surface area contributed by atoms with Gasteiger partial charge >= 0.3 is 0 Å². The fourth-order valence-corrected chi connectivity index (χ4v) is 4.09. The van der Waals surface area contributed by atoms with Gasteiger partial charge in [0, 0.05) is 0 Å². The SMILES string of the molecule is C=CCCc1ccc(C=Cc2ccc(-c3ccc(C=Cc4ccc(CCC=C)cc4)cc3)cc2)cc1. The van der Waals surface area contributed by atoms with Crippen LogP contribution in [0.1, 0.15) is 46.2 Å². The smallest absolute Gasteiger partial charge is 0.0184 e. The van der Waals surface area contributed by atoms with Crippen LogP contribution in [0.2, 0.25) is 0 Å². The van der Waals surface area contributed by atoms with E-state index in [-0.39, 0.29) is 0 Å². The lowest BCUT2D eigenvalue weighted by atomic mass is 10.0. The quantitative estimate of drug-likeness (QED) is 0.152. The van der Waals surface area contributed by atoms with E-state index < -0.39 is 0 Å². The van der Waals surface area contributed by atoms with E-state index in [9.17, 15) is 0 Å². The van der Waals surface area contributed by atoms with Crippen molar-refractivity contribution in [3.8, 4) is 11.1 Å². The lowest BCUT2D eigenvalue weighted by molar-refractivity contribution is 1.00. The Morgan fingerprint density at radius 1 is 0.389 bits per heavy atom. The van der Waals surface area contributed by atoms with Gasteiger partial charge in [-0.3, -0.25) is 0 Å². The molecule has 0 saturated heterocycles. The van der Waals surface area contributed by atoms with Crippen LogP contribution in [0.4, 0.5) is 0 Å². The molecule has 0 fully saturated rings. The Balaban J connectivity index is 1.34. The van der Waals surface area contributed by atoms with Crippen LogP contribution in [0.5, 0.6) is 0 Å². The van der Waals surface area contributed by atoms with Gasteiger partial charge in [-0.2, -0.15) is 0 Å². The first kappa shape index (κ1) is 24.9. The lowest BCUT2D eigenvalue weighted by Crippen LogP contribution is -1.83. The van der Waals surface area contributed by atoms with E-state index in [0.29, 0.717) is 0 Å². The third-order valence-electron chi connectivity index (χ3n) is 6.32. The number of allylic oxidation sites excluding steroid dienone is 2. The van der Waals surface area contributed by atoms with E-state index in [1.54, 1.807) is 0 Å². The molecule has 0 saturated carbocycles. The van der Waals surface area contributed by atoms with E-state index in [4.69, 9.17) is 0 Å². The Morgan fingerprint density at radius 2 is 0.667 bits per heavy atom. The van der Waals surface area contributed by atoms with Crippen molar-refractivity contribution in [3.05, 3.63) is 156 Å². The molecule has 0 heterocycles. The number of hydrogen-bond acceptors (Lipinski definition) is 0. The topological polar surface area (TPSA) is 0 Å². The summed E-state index contributed by atoms with van der Waals surface area (Å²) >= 11 is 0. The third-order valence-corrected chi connectivity index (χ3v) is 6.32. The van der Waals surface area contributed by atoms with Gasteiger partial charge in [0.05, 0.1) is 0 Å². The van der Waals surface area contributed by atoms with Crippen LogP contribution in [0.25, 0.3) is 35.4 Å². The van der Waals surface area contributed by atoms with Crippen molar-refractivity contribution in [3.63, 3.8) is 0 Å². The zero-order valence-electron chi connectivity index (χ0n) is 20.9. The average Bonchev–Trinajstić information content (AvgIpc) is 2.94. The van der Waals surface area contributed by atoms with Gasteiger partial charge < -0.3 is 0 Å². The fraction of sp³-hybridized carbons (Fsp3) is 0.111. The van der Waals surface area contributed by atoms with Crippen LogP contribution < -0.4 is 0 Å². The highest BCUT2D eigenvalue weighted by atomic mass is 14.0. The Labute approximate surface area is 216 Å². The summed E-state index contributed by atoms with van der Waals surface area (Å²) in [4.78, 5) is 0. The lowest BCUT2D eigenvalue weighted by Gasteiger charge is -2.04. The summed E-state index contributed by atoms with van der Waals surface area (Å²) in [6.45, 7) is 7.59. The molecule has 0 spiro atoms. The van der Waals surface area contributed by atoms with Gasteiger partial charge in [-0.15, -0.1) is 13.2 Å². The van der Waals surface area contributed by atoms with Gasteiger partial charge in [0.2, 0.25) is 0 Å². The zero-order valence-corrected chi connectivity index (χ0v) is 20.9. The van der Waals surface area contributed by atoms with Gasteiger partial charge in [-0.1, -0.05) is 134 Å². The maximum atomic E-state index is 3.80. The molecule has 0 aliphatic carbocycles. The van der Waals surface area contributed by atoms with Gasteiger partial charge in [-0.05, 0) is 70.2 Å². The molecule has 0 heteroatoms. The molecule has 0 unspecified atom stereocenters. The minimum atomic E-state index is 1.02. The Hall–Kier alpha value is -4.16. The monoisotopic (exact) mass is 466 g/mol. The fourth-order valence-electron chi connectivity index (χ4n) is 4.09. The molecule has 4 aromatic rings. The summed E-state index contributed by atoms with van der Waals surface area (Å²) in [5, 5.41) is 0. The van der Waals surface area contributed by atoms with Crippen LogP contribution in [0, 0.1) is 0 Å². The summed E-state index contributed by atoms with van der Waals surface area (Å²) < 4.78 is 0. The first-order valence-electron chi connectivity index (χ1n) is 12.7. The highest BCUT2D eigenvalue weighted by molar-refractivity contribution is 5.74. The van der Waals surface area contributed by atoms with Crippen molar-refractivity contribution >= 4 is 24.3 Å². The number of rotatable bonds is 11. The number of hydrogen-bond donors (Lipinski definition) is 0. The van der Waals surface area contributed by atoms with E-state index >= 15 is 0 Å². The van der Waals surface area contributed by atoms with Gasteiger partial charge in [0.25, 0.3) is 0 Å². The zero-order chi connectivity index (χ0) is 25.0. The standard InChI is InChI=1S/C36H34/c1-3-5-7-29-9-13-31(14-10-29)17-19-33-21-25-35(26-22-33)36-27-23-34(24-28-36)20-18-32-15-11-30(12-16-32)8-6-4-2/h3-4,9-28H,1-2,5-8H2. The molecular formula is C36H34. The molecule has 4 rings (SSSR count). The maximum Gasteiger partial charge on any atom is -0.0184 e. The van der Waals surface area contributed by atoms with E-state index in [2.05, 4.69) is 135 Å². The number of benzene rings is 4. The summed E-state index contributed by atoms with van der Waals surface area (Å²) in [5.74, 6) is 0. The van der Waals surface area contributed by atoms with Crippen molar-refractivity contribution in [1.82, 2.24) is 0 Å².